The van der Waals surface area contributed by atoms with Crippen LogP contribution in [-0.2, 0) is 0 Å². The van der Waals surface area contributed by atoms with E-state index >= 15 is 0 Å². The third kappa shape index (κ3) is 2.03. The lowest BCUT2D eigenvalue weighted by molar-refractivity contribution is 0.579. The summed E-state index contributed by atoms with van der Waals surface area (Å²) in [6.45, 7) is 3.88. The molecule has 1 aliphatic rings. The van der Waals surface area contributed by atoms with Crippen molar-refractivity contribution in [2.75, 3.05) is 18.0 Å². The summed E-state index contributed by atoms with van der Waals surface area (Å²) in [6, 6.07) is 8.31. The molecule has 0 spiro atoms. The summed E-state index contributed by atoms with van der Waals surface area (Å²) in [6.07, 6.45) is 2.22. The number of benzene rings is 1. The van der Waals surface area contributed by atoms with Crippen LogP contribution in [0.1, 0.15) is 18.5 Å². The zero-order chi connectivity index (χ0) is 12.5. The van der Waals surface area contributed by atoms with Crippen molar-refractivity contribution in [3.8, 4) is 0 Å². The van der Waals surface area contributed by atoms with Gasteiger partial charge in [-0.15, -0.1) is 16.7 Å². The highest BCUT2D eigenvalue weighted by Crippen LogP contribution is 2.28. The maximum Gasteiger partial charge on any atom is 0.159 e. The van der Waals surface area contributed by atoms with Crippen molar-refractivity contribution >= 4 is 28.2 Å². The minimum Gasteiger partial charge on any atom is -0.353 e. The van der Waals surface area contributed by atoms with E-state index in [1.165, 1.54) is 10.8 Å². The molecule has 2 aromatic rings. The number of hydrogen-bond donors (Lipinski definition) is 0. The predicted molar refractivity (Wildman–Crippen MR) is 75.4 cm³/mol. The van der Waals surface area contributed by atoms with Gasteiger partial charge in [0.25, 0.3) is 0 Å². The van der Waals surface area contributed by atoms with E-state index in [0.717, 1.165) is 37.4 Å². The molecule has 18 heavy (non-hydrogen) atoms. The molecule has 0 aliphatic carbocycles. The summed E-state index contributed by atoms with van der Waals surface area (Å²) in [7, 11) is 0. The molecule has 3 rings (SSSR count). The van der Waals surface area contributed by atoms with Gasteiger partial charge in [0.15, 0.2) is 5.82 Å². The van der Waals surface area contributed by atoms with Gasteiger partial charge < -0.3 is 4.90 Å². The molecule has 4 heteroatoms. The van der Waals surface area contributed by atoms with Gasteiger partial charge in [-0.05, 0) is 19.8 Å². The largest absolute Gasteiger partial charge is 0.353 e. The number of halogens is 1. The molecule has 1 atom stereocenters. The van der Waals surface area contributed by atoms with Crippen molar-refractivity contribution in [2.45, 2.75) is 25.1 Å². The maximum absolute atomic E-state index is 6.25. The summed E-state index contributed by atoms with van der Waals surface area (Å²) >= 11 is 6.25. The number of fused-ring (bicyclic) bond motifs is 1. The van der Waals surface area contributed by atoms with E-state index < -0.39 is 0 Å². The van der Waals surface area contributed by atoms with E-state index in [1.54, 1.807) is 0 Å². The summed E-state index contributed by atoms with van der Waals surface area (Å²) in [5.74, 6) is 0.974. The molecule has 0 saturated carbocycles. The lowest BCUT2D eigenvalue weighted by atomic mass is 10.1. The van der Waals surface area contributed by atoms with Gasteiger partial charge in [-0.2, -0.15) is 5.10 Å². The number of alkyl halides is 1. The number of aryl methyl sites for hydroxylation is 1. The Kier molecular flexibility index (Phi) is 3.08. The van der Waals surface area contributed by atoms with Gasteiger partial charge in [0, 0.05) is 23.9 Å². The smallest absolute Gasteiger partial charge is 0.159 e. The second-order valence-electron chi connectivity index (χ2n) is 4.84. The van der Waals surface area contributed by atoms with Crippen LogP contribution in [0.15, 0.2) is 24.3 Å². The Morgan fingerprint density at radius 2 is 2.00 bits per heavy atom. The summed E-state index contributed by atoms with van der Waals surface area (Å²) < 4.78 is 0. The number of nitrogens with zero attached hydrogens (tertiary/aromatic N) is 3. The van der Waals surface area contributed by atoms with Gasteiger partial charge in [-0.1, -0.05) is 24.3 Å². The highest BCUT2D eigenvalue weighted by atomic mass is 35.5. The first-order valence-electron chi connectivity index (χ1n) is 6.37. The van der Waals surface area contributed by atoms with E-state index in [4.69, 9.17) is 11.6 Å². The molecule has 0 bridgehead atoms. The topological polar surface area (TPSA) is 29.0 Å². The maximum atomic E-state index is 6.25. The number of hydrogen-bond acceptors (Lipinski definition) is 3. The molecule has 1 aromatic heterocycles. The van der Waals surface area contributed by atoms with Crippen molar-refractivity contribution < 1.29 is 0 Å². The molecule has 1 aromatic carbocycles. The molecule has 0 amide bonds. The van der Waals surface area contributed by atoms with Crippen molar-refractivity contribution in [3.63, 3.8) is 0 Å². The van der Waals surface area contributed by atoms with Crippen LogP contribution in [0.4, 0.5) is 5.82 Å². The standard InChI is InChI=1S/C14H16ClN3/c1-10-12-6-2-3-7-13(12)14(17-16-10)18-8-4-5-11(15)9-18/h2-3,6-7,11H,4-5,8-9H2,1H3. The number of anilines is 1. The van der Waals surface area contributed by atoms with E-state index in [1.807, 2.05) is 13.0 Å². The molecule has 0 N–H and O–H groups in total. The lowest BCUT2D eigenvalue weighted by Crippen LogP contribution is -2.36. The van der Waals surface area contributed by atoms with Crippen LogP contribution < -0.4 is 4.90 Å². The number of rotatable bonds is 1. The van der Waals surface area contributed by atoms with E-state index in [9.17, 15) is 0 Å². The van der Waals surface area contributed by atoms with Gasteiger partial charge in [0.1, 0.15) is 0 Å². The van der Waals surface area contributed by atoms with Crippen LogP contribution in [0.25, 0.3) is 10.8 Å². The van der Waals surface area contributed by atoms with Gasteiger partial charge >= 0.3 is 0 Å². The zero-order valence-corrected chi connectivity index (χ0v) is 11.2. The molecule has 2 heterocycles. The third-order valence-electron chi connectivity index (χ3n) is 3.52. The molecule has 1 saturated heterocycles. The van der Waals surface area contributed by atoms with Crippen molar-refractivity contribution in [1.82, 2.24) is 10.2 Å². The van der Waals surface area contributed by atoms with Crippen molar-refractivity contribution in [2.24, 2.45) is 0 Å². The average molecular weight is 262 g/mol. The van der Waals surface area contributed by atoms with Gasteiger partial charge in [0.05, 0.1) is 11.1 Å². The molecular formula is C14H16ClN3. The number of piperidine rings is 1. The van der Waals surface area contributed by atoms with Crippen LogP contribution in [0.2, 0.25) is 0 Å². The Bertz CT molecular complexity index is 570. The van der Waals surface area contributed by atoms with Crippen molar-refractivity contribution in [3.05, 3.63) is 30.0 Å². The minimum atomic E-state index is 0.223. The molecule has 1 aliphatic heterocycles. The van der Waals surface area contributed by atoms with E-state index in [0.29, 0.717) is 0 Å². The zero-order valence-electron chi connectivity index (χ0n) is 10.4. The van der Waals surface area contributed by atoms with Crippen molar-refractivity contribution in [1.29, 1.82) is 0 Å². The molecule has 1 fully saturated rings. The summed E-state index contributed by atoms with van der Waals surface area (Å²) in [5, 5.41) is 11.2. The van der Waals surface area contributed by atoms with Crippen LogP contribution in [0.5, 0.6) is 0 Å². The highest BCUT2D eigenvalue weighted by molar-refractivity contribution is 6.21. The molecule has 94 valence electrons. The fraction of sp³-hybridized carbons (Fsp3) is 0.429. The minimum absolute atomic E-state index is 0.223. The first-order chi connectivity index (χ1) is 8.75. The SMILES string of the molecule is Cc1nnc(N2CCCC(Cl)C2)c2ccccc12. The van der Waals surface area contributed by atoms with Gasteiger partial charge in [-0.3, -0.25) is 0 Å². The molecule has 3 nitrogen and oxygen atoms in total. The highest BCUT2D eigenvalue weighted by Gasteiger charge is 2.21. The Morgan fingerprint density at radius 3 is 2.78 bits per heavy atom. The quantitative estimate of drug-likeness (QED) is 0.739. The second-order valence-corrected chi connectivity index (χ2v) is 5.46. The van der Waals surface area contributed by atoms with Gasteiger partial charge in [-0.25, -0.2) is 0 Å². The third-order valence-corrected chi connectivity index (χ3v) is 3.87. The summed E-state index contributed by atoms with van der Waals surface area (Å²) in [4.78, 5) is 2.26. The number of aromatic nitrogens is 2. The fourth-order valence-electron chi connectivity index (χ4n) is 2.58. The first kappa shape index (κ1) is 11.7. The molecular weight excluding hydrogens is 246 g/mol. The van der Waals surface area contributed by atoms with Crippen LogP contribution in [0.3, 0.4) is 0 Å². The first-order valence-corrected chi connectivity index (χ1v) is 6.80. The molecule has 0 radical (unpaired) electrons. The predicted octanol–water partition coefficient (Wildman–Crippen LogP) is 3.15. The van der Waals surface area contributed by atoms with Crippen LogP contribution in [-0.4, -0.2) is 28.7 Å². The average Bonchev–Trinajstić information content (AvgIpc) is 2.39. The van der Waals surface area contributed by atoms with Crippen LogP contribution in [0, 0.1) is 6.92 Å². The van der Waals surface area contributed by atoms with Gasteiger partial charge in [0.2, 0.25) is 0 Å². The Morgan fingerprint density at radius 1 is 1.22 bits per heavy atom. The monoisotopic (exact) mass is 261 g/mol. The second kappa shape index (κ2) is 4.73. The molecule has 1 unspecified atom stereocenters. The Balaban J connectivity index is 2.09. The Hall–Kier alpha value is -1.35. The van der Waals surface area contributed by atoms with E-state index in [-0.39, 0.29) is 5.38 Å². The summed E-state index contributed by atoms with van der Waals surface area (Å²) in [5.41, 5.74) is 0.980. The normalized spacial score (nSPS) is 20.3. The lowest BCUT2D eigenvalue weighted by Gasteiger charge is -2.31. The fourth-order valence-corrected chi connectivity index (χ4v) is 2.90. The van der Waals surface area contributed by atoms with Crippen LogP contribution >= 0.6 is 11.6 Å². The Labute approximate surface area is 112 Å². The van der Waals surface area contributed by atoms with E-state index in [2.05, 4.69) is 33.3 Å².